The van der Waals surface area contributed by atoms with E-state index in [1.165, 1.54) is 41.1 Å². The molecule has 0 bridgehead atoms. The normalized spacial score (nSPS) is 11.7. The lowest BCUT2D eigenvalue weighted by Crippen LogP contribution is -2.54. The molecule has 2 amide bonds. The molecule has 0 unspecified atom stereocenters. The number of nitrogens with zero attached hydrogens (tertiary/aromatic N) is 3. The highest BCUT2D eigenvalue weighted by Gasteiger charge is 2.37. The van der Waals surface area contributed by atoms with Crippen molar-refractivity contribution in [2.75, 3.05) is 23.8 Å². The monoisotopic (exact) mass is 454 g/mol. The highest BCUT2D eigenvalue weighted by Crippen LogP contribution is 2.37. The standard InChI is InChI=1S/C21H25F3N4O2S/c1-5-25-18-12-15(10-11-26-18)13-28(14-29)20(2,3)19(30)27(4)16-6-8-17(9-7-16)31-21(22,23)24/h6-12,14H,5,13H2,1-4H3,(H,25,26). The number of alkyl halides is 3. The van der Waals surface area contributed by atoms with Gasteiger partial charge in [0.05, 0.1) is 0 Å². The third kappa shape index (κ3) is 6.61. The van der Waals surface area contributed by atoms with E-state index in [-0.39, 0.29) is 29.1 Å². The Balaban J connectivity index is 2.17. The quantitative estimate of drug-likeness (QED) is 0.446. The number of anilines is 2. The summed E-state index contributed by atoms with van der Waals surface area (Å²) in [6.45, 7) is 6.08. The van der Waals surface area contributed by atoms with Crippen LogP contribution in [0.3, 0.4) is 0 Å². The van der Waals surface area contributed by atoms with Gasteiger partial charge in [0.15, 0.2) is 0 Å². The van der Waals surface area contributed by atoms with Crippen molar-refractivity contribution in [2.45, 2.75) is 43.3 Å². The number of benzene rings is 1. The van der Waals surface area contributed by atoms with Crippen LogP contribution >= 0.6 is 11.8 Å². The molecular weight excluding hydrogens is 429 g/mol. The summed E-state index contributed by atoms with van der Waals surface area (Å²) in [7, 11) is 1.52. The first-order chi connectivity index (χ1) is 14.5. The molecule has 1 N–H and O–H groups in total. The number of carbonyl (C=O) groups excluding carboxylic acids is 2. The van der Waals surface area contributed by atoms with Gasteiger partial charge in [-0.1, -0.05) is 0 Å². The summed E-state index contributed by atoms with van der Waals surface area (Å²) in [5, 5.41) is 3.09. The molecular formula is C21H25F3N4O2S. The van der Waals surface area contributed by atoms with Crippen LogP contribution in [0.2, 0.25) is 0 Å². The molecule has 1 aromatic carbocycles. The molecule has 0 aliphatic heterocycles. The summed E-state index contributed by atoms with van der Waals surface area (Å²) in [5.74, 6) is 0.292. The van der Waals surface area contributed by atoms with E-state index in [2.05, 4.69) is 10.3 Å². The number of hydrogen-bond acceptors (Lipinski definition) is 5. The number of amides is 2. The van der Waals surface area contributed by atoms with Crippen LogP contribution < -0.4 is 10.2 Å². The average molecular weight is 455 g/mol. The van der Waals surface area contributed by atoms with Crippen LogP contribution in [0.4, 0.5) is 24.7 Å². The van der Waals surface area contributed by atoms with Crippen molar-refractivity contribution in [1.29, 1.82) is 0 Å². The van der Waals surface area contributed by atoms with E-state index in [0.29, 0.717) is 24.5 Å². The summed E-state index contributed by atoms with van der Waals surface area (Å²) in [6, 6.07) is 9.07. The molecule has 168 valence electrons. The van der Waals surface area contributed by atoms with E-state index < -0.39 is 11.0 Å². The fourth-order valence-corrected chi connectivity index (χ4v) is 3.48. The zero-order valence-corrected chi connectivity index (χ0v) is 18.5. The van der Waals surface area contributed by atoms with Gasteiger partial charge >= 0.3 is 5.51 Å². The molecule has 0 saturated heterocycles. The van der Waals surface area contributed by atoms with Crippen molar-refractivity contribution in [3.63, 3.8) is 0 Å². The minimum Gasteiger partial charge on any atom is -0.370 e. The average Bonchev–Trinajstić information content (AvgIpc) is 2.70. The van der Waals surface area contributed by atoms with Crippen LogP contribution in [0, 0.1) is 0 Å². The van der Waals surface area contributed by atoms with Crippen molar-refractivity contribution in [2.24, 2.45) is 0 Å². The first-order valence-electron chi connectivity index (χ1n) is 9.52. The van der Waals surface area contributed by atoms with Gasteiger partial charge in [-0.2, -0.15) is 13.2 Å². The van der Waals surface area contributed by atoms with Crippen LogP contribution in [0.1, 0.15) is 26.3 Å². The molecule has 0 radical (unpaired) electrons. The summed E-state index contributed by atoms with van der Waals surface area (Å²) < 4.78 is 37.5. The predicted molar refractivity (Wildman–Crippen MR) is 116 cm³/mol. The van der Waals surface area contributed by atoms with Gasteiger partial charge in [-0.05, 0) is 74.5 Å². The number of carbonyl (C=O) groups is 2. The zero-order valence-electron chi connectivity index (χ0n) is 17.7. The molecule has 2 rings (SSSR count). The first kappa shape index (κ1) is 24.5. The van der Waals surface area contributed by atoms with Crippen LogP contribution in [0.5, 0.6) is 0 Å². The summed E-state index contributed by atoms with van der Waals surface area (Å²) in [4.78, 5) is 31.9. The number of aromatic nitrogens is 1. The van der Waals surface area contributed by atoms with E-state index in [9.17, 15) is 22.8 Å². The minimum atomic E-state index is -4.38. The lowest BCUT2D eigenvalue weighted by Gasteiger charge is -2.37. The number of likely N-dealkylation sites (N-methyl/N-ethyl adjacent to an activating group) is 1. The number of halogens is 3. The van der Waals surface area contributed by atoms with Crippen molar-refractivity contribution in [3.8, 4) is 0 Å². The summed E-state index contributed by atoms with van der Waals surface area (Å²) >= 11 is -0.219. The zero-order chi connectivity index (χ0) is 23.2. The van der Waals surface area contributed by atoms with Gasteiger partial charge in [-0.15, -0.1) is 0 Å². The fourth-order valence-electron chi connectivity index (χ4n) is 2.94. The molecule has 0 saturated carbocycles. The number of rotatable bonds is 9. The van der Waals surface area contributed by atoms with E-state index in [4.69, 9.17) is 0 Å². The predicted octanol–water partition coefficient (Wildman–Crippen LogP) is 4.53. The molecule has 0 aliphatic carbocycles. The topological polar surface area (TPSA) is 65.5 Å². The molecule has 31 heavy (non-hydrogen) atoms. The highest BCUT2D eigenvalue weighted by molar-refractivity contribution is 8.00. The number of hydrogen-bond donors (Lipinski definition) is 1. The van der Waals surface area contributed by atoms with Crippen LogP contribution in [-0.4, -0.2) is 46.8 Å². The lowest BCUT2D eigenvalue weighted by atomic mass is 10.00. The van der Waals surface area contributed by atoms with Crippen molar-refractivity contribution >= 4 is 35.6 Å². The molecule has 0 fully saturated rings. The van der Waals surface area contributed by atoms with Gasteiger partial charge in [0.25, 0.3) is 5.91 Å². The number of thioether (sulfide) groups is 1. The van der Waals surface area contributed by atoms with E-state index in [1.54, 1.807) is 32.2 Å². The van der Waals surface area contributed by atoms with Gasteiger partial charge < -0.3 is 15.1 Å². The van der Waals surface area contributed by atoms with E-state index >= 15 is 0 Å². The summed E-state index contributed by atoms with van der Waals surface area (Å²) in [5.41, 5.74) is -4.35. The SMILES string of the molecule is CCNc1cc(CN(C=O)C(C)(C)C(=O)N(C)c2ccc(SC(F)(F)F)cc2)ccn1. The van der Waals surface area contributed by atoms with Crippen LogP contribution in [-0.2, 0) is 16.1 Å². The highest BCUT2D eigenvalue weighted by atomic mass is 32.2. The van der Waals surface area contributed by atoms with Gasteiger partial charge in [0, 0.05) is 36.9 Å². The molecule has 10 heteroatoms. The van der Waals surface area contributed by atoms with Crippen LogP contribution in [0.15, 0.2) is 47.5 Å². The molecule has 0 aliphatic rings. The second-order valence-electron chi connectivity index (χ2n) is 7.28. The third-order valence-corrected chi connectivity index (χ3v) is 5.41. The van der Waals surface area contributed by atoms with Gasteiger partial charge in [0.1, 0.15) is 11.4 Å². The Labute approximate surface area is 183 Å². The molecule has 1 aromatic heterocycles. The van der Waals surface area contributed by atoms with Gasteiger partial charge in [-0.25, -0.2) is 4.98 Å². The Bertz CT molecular complexity index is 904. The first-order valence-corrected chi connectivity index (χ1v) is 10.3. The second kappa shape index (κ2) is 10.0. The van der Waals surface area contributed by atoms with E-state index in [1.807, 2.05) is 6.92 Å². The van der Waals surface area contributed by atoms with Crippen LogP contribution in [0.25, 0.3) is 0 Å². The van der Waals surface area contributed by atoms with Crippen molar-refractivity contribution < 1.29 is 22.8 Å². The number of pyridine rings is 1. The largest absolute Gasteiger partial charge is 0.446 e. The van der Waals surface area contributed by atoms with Gasteiger partial charge in [-0.3, -0.25) is 9.59 Å². The maximum Gasteiger partial charge on any atom is 0.446 e. The lowest BCUT2D eigenvalue weighted by molar-refractivity contribution is -0.137. The van der Waals surface area contributed by atoms with Crippen molar-refractivity contribution in [1.82, 2.24) is 9.88 Å². The Kier molecular flexibility index (Phi) is 7.94. The summed E-state index contributed by atoms with van der Waals surface area (Å²) in [6.07, 6.45) is 2.24. The van der Waals surface area contributed by atoms with Gasteiger partial charge in [0.2, 0.25) is 6.41 Å². The van der Waals surface area contributed by atoms with E-state index in [0.717, 1.165) is 5.56 Å². The maximum atomic E-state index is 13.2. The Morgan fingerprint density at radius 1 is 1.19 bits per heavy atom. The second-order valence-corrected chi connectivity index (χ2v) is 8.42. The Hall–Kier alpha value is -2.75. The molecule has 2 aromatic rings. The van der Waals surface area contributed by atoms with Crippen molar-refractivity contribution in [3.05, 3.63) is 48.2 Å². The molecule has 0 spiro atoms. The fraction of sp³-hybridized carbons (Fsp3) is 0.381. The molecule has 1 heterocycles. The smallest absolute Gasteiger partial charge is 0.370 e. The Morgan fingerprint density at radius 2 is 1.84 bits per heavy atom. The molecule has 6 nitrogen and oxygen atoms in total. The Morgan fingerprint density at radius 3 is 2.39 bits per heavy atom. The third-order valence-electron chi connectivity index (χ3n) is 4.67. The number of nitrogens with one attached hydrogen (secondary N) is 1. The maximum absolute atomic E-state index is 13.2. The molecule has 0 atom stereocenters. The minimum absolute atomic E-state index is 0.0278.